The van der Waals surface area contributed by atoms with E-state index < -0.39 is 38.5 Å². The van der Waals surface area contributed by atoms with E-state index in [9.17, 15) is 29.4 Å². The molecule has 756 valence electrons. The number of nitrogens with one attached hydrogen (secondary N) is 2. The fourth-order valence-corrected chi connectivity index (χ4v) is 15.1. The van der Waals surface area contributed by atoms with Crippen LogP contribution in [-0.4, -0.2) is 172 Å². The van der Waals surface area contributed by atoms with Gasteiger partial charge in [-0.1, -0.05) is 99.7 Å². The standard InChI is InChI=1S/C18H23N3O3S.C17H15NO.C16H12INO.C14H15NO3S.C13H13NO3S.C10H9NO.C9H6INO.C5H11ClN2.C4H7ClO2S.3CH4/c1-12-8-13-9-14(6-7-15(13)19-10-12)24-17(25-5)16(22)21-18(2,3)11-20-23-4;1-13-9-15-10-16(7-8-17(15)18-11-13)19-12-14-5-3-2-4-6-14;17-14-8-13-9-15(6-7-16(13)18-10-14)19-11-12-4-2-1-3-5-12;1-9-6-10-7-11(4-5-12(10)15-8-9)18-14(19-3)13(16)17-2;1-8-5-9-6-10(3-4-11(9)14-7-8)17-13(18-2)12(15)16;1-7-4-8-5-9(12)2-3-10(8)11-6-7;10-7-3-6-4-8(12)1-2-9(6)11-5-7;1-5(2,8-6)4-7-3;1-7-4(6)3(5)8-2;;;/h6-11,17H,1-5H3,(H,21,22);2-11H,12H2,1H3;1-10H,11H2;4-8,14H,1-3H3;3-7,13H,1-2H3,(H,15,16);2-6,12H,1H3;1-5,12H;4,8H,1-3H3;3H,1-2H3;3*1H4/b20-11+;;;;;;;;;;;. The number of carboxylic acid groups (broad SMARTS) is 1. The Labute approximate surface area is 891 Å². The van der Waals surface area contributed by atoms with Gasteiger partial charge in [0.25, 0.3) is 5.91 Å². The third-order valence-corrected chi connectivity index (χ3v) is 24.3. The first-order chi connectivity index (χ1) is 67.0. The molecule has 0 aliphatic rings. The van der Waals surface area contributed by atoms with Crippen LogP contribution in [-0.2, 0) is 46.7 Å². The first-order valence-electron chi connectivity index (χ1n) is 43.0. The molecule has 16 aromatic rings. The number of benzene rings is 9. The zero-order chi connectivity index (χ0) is 102. The molecule has 9 aromatic carbocycles. The second-order valence-corrected chi connectivity index (χ2v) is 38.8. The van der Waals surface area contributed by atoms with Crippen LogP contribution in [0.5, 0.6) is 40.2 Å². The molecule has 0 saturated heterocycles. The lowest BCUT2D eigenvalue weighted by Gasteiger charge is -2.24. The Kier molecular flexibility index (Phi) is 53.0. The zero-order valence-corrected chi connectivity index (χ0v) is 89.4. The van der Waals surface area contributed by atoms with Gasteiger partial charge < -0.3 is 58.6 Å². The highest BCUT2D eigenvalue weighted by Crippen LogP contribution is 2.31. The second kappa shape index (κ2) is 62.4. The Hall–Kier alpha value is -12.1. The predicted octanol–water partition coefficient (Wildman–Crippen LogP) is 26.2. The fourth-order valence-electron chi connectivity index (χ4n) is 12.4. The van der Waals surface area contributed by atoms with Gasteiger partial charge in [-0.2, -0.15) is 0 Å². The zero-order valence-electron chi connectivity index (χ0n) is 80.3. The van der Waals surface area contributed by atoms with Crippen molar-refractivity contribution in [2.75, 3.05) is 53.4 Å². The highest BCUT2D eigenvalue weighted by molar-refractivity contribution is 14.1. The molecule has 143 heavy (non-hydrogen) atoms. The number of carbonyl (C=O) groups is 4. The van der Waals surface area contributed by atoms with Crippen LogP contribution in [0.25, 0.3) is 76.3 Å². The van der Waals surface area contributed by atoms with E-state index >= 15 is 0 Å². The molecule has 0 fully saturated rings. The SMILES string of the molecule is C.C.C.CN=CC(C)(C)NCl.CO/N=C/C(C)(C)NC(=O)C(Oc1ccc2ncc(C)cc2c1)SC.COC(=O)C(Cl)SC.COC(=O)C(Oc1ccc2ncc(C)cc2c1)SC.CSC(Oc1ccc2ncc(C)cc2c1)C(=O)O.Cc1cnc2ccc(O)cc2c1.Cc1cnc2ccc(OCc3ccccc3)cc2c1.Ic1cnc2ccc(OCc3ccccc3)cc2c1.Oc1ccc2ncc(I)cc2c1. The molecule has 1 amide bonds. The van der Waals surface area contributed by atoms with Crippen LogP contribution in [0.4, 0.5) is 0 Å². The van der Waals surface area contributed by atoms with E-state index in [1.54, 1.807) is 86.9 Å². The summed E-state index contributed by atoms with van der Waals surface area (Å²) in [6.45, 7) is 18.7. The average molecular weight is 2280 g/mol. The largest absolute Gasteiger partial charge is 0.508 e. The summed E-state index contributed by atoms with van der Waals surface area (Å²) in [5, 5.41) is 41.0. The van der Waals surface area contributed by atoms with Crippen molar-refractivity contribution in [1.29, 1.82) is 0 Å². The number of ether oxygens (including phenoxy) is 7. The van der Waals surface area contributed by atoms with E-state index in [-0.39, 0.29) is 51.2 Å². The Morgan fingerprint density at radius 2 is 0.713 bits per heavy atom. The van der Waals surface area contributed by atoms with Crippen molar-refractivity contribution in [3.8, 4) is 40.2 Å². The molecule has 0 bridgehead atoms. The number of aliphatic imine (C=N–C) groups is 1. The molecule has 5 N–H and O–H groups in total. The molecule has 0 aliphatic carbocycles. The molecule has 4 unspecified atom stereocenters. The highest BCUT2D eigenvalue weighted by atomic mass is 127. The number of carboxylic acids is 1. The van der Waals surface area contributed by atoms with E-state index in [0.717, 1.165) is 135 Å². The number of hydrogen-bond donors (Lipinski definition) is 5. The van der Waals surface area contributed by atoms with Crippen LogP contribution in [0.2, 0.25) is 0 Å². The van der Waals surface area contributed by atoms with Crippen molar-refractivity contribution in [1.82, 2.24) is 45.0 Å². The number of methoxy groups -OCH3 is 2. The third kappa shape index (κ3) is 42.0. The Morgan fingerprint density at radius 1 is 0.406 bits per heavy atom. The van der Waals surface area contributed by atoms with Gasteiger partial charge in [-0.3, -0.25) is 44.7 Å². The number of aryl methyl sites for hydroxylation is 5. The normalized spacial score (nSPS) is 11.4. The first-order valence-corrected chi connectivity index (χ1v) is 51.2. The number of aliphatic carboxylic acids is 1. The summed E-state index contributed by atoms with van der Waals surface area (Å²) in [7, 11) is 5.84. The number of hydrogen-bond acceptors (Lipinski definition) is 28. The number of phenolic OH excluding ortho intramolecular Hbond substituents is 2. The molecule has 7 aromatic heterocycles. The van der Waals surface area contributed by atoms with Crippen molar-refractivity contribution < 1.29 is 72.5 Å². The summed E-state index contributed by atoms with van der Waals surface area (Å²) >= 11 is 20.2. The predicted molar refractivity (Wildman–Crippen MR) is 610 cm³/mol. The lowest BCUT2D eigenvalue weighted by molar-refractivity contribution is -0.144. The number of oxime groups is 1. The summed E-state index contributed by atoms with van der Waals surface area (Å²) in [5.41, 5.74) is 11.2. The van der Waals surface area contributed by atoms with Crippen LogP contribution >= 0.6 is 116 Å². The second-order valence-electron chi connectivity index (χ2n) is 31.8. The van der Waals surface area contributed by atoms with Gasteiger partial charge in [-0.25, -0.2) is 19.2 Å². The Bertz CT molecular complexity index is 6540. The van der Waals surface area contributed by atoms with E-state index in [0.29, 0.717) is 30.5 Å². The molecule has 34 heteroatoms. The van der Waals surface area contributed by atoms with Crippen LogP contribution < -0.4 is 33.8 Å². The van der Waals surface area contributed by atoms with Crippen LogP contribution in [0.1, 0.15) is 88.9 Å². The molecule has 26 nitrogen and oxygen atoms in total. The summed E-state index contributed by atoms with van der Waals surface area (Å²) in [5.74, 6) is 2.12. The molecule has 0 aliphatic heterocycles. The fraction of sp³-hybridized carbons (Fsp3) is 0.257. The van der Waals surface area contributed by atoms with Gasteiger partial charge in [0.2, 0.25) is 16.3 Å². The van der Waals surface area contributed by atoms with Crippen molar-refractivity contribution in [2.24, 2.45) is 10.1 Å². The number of aromatic nitrogens is 7. The van der Waals surface area contributed by atoms with Gasteiger partial charge in [0.1, 0.15) is 60.6 Å². The maximum Gasteiger partial charge on any atom is 0.357 e. The minimum atomic E-state index is -0.982. The van der Waals surface area contributed by atoms with Crippen molar-refractivity contribution in [3.63, 3.8) is 0 Å². The number of pyridine rings is 7. The number of thioether (sulfide) groups is 4. The topological polar surface area (TPSA) is 342 Å². The maximum atomic E-state index is 12.5. The lowest BCUT2D eigenvalue weighted by atomic mass is 10.1. The van der Waals surface area contributed by atoms with Gasteiger partial charge >= 0.3 is 17.9 Å². The van der Waals surface area contributed by atoms with Gasteiger partial charge in [0.05, 0.1) is 70.1 Å². The summed E-state index contributed by atoms with van der Waals surface area (Å²) in [6, 6.07) is 73.4. The summed E-state index contributed by atoms with van der Waals surface area (Å²) < 4.78 is 39.2. The number of fused-ring (bicyclic) bond motifs is 7. The number of esters is 2. The lowest BCUT2D eigenvalue weighted by Crippen LogP contribution is -2.49. The van der Waals surface area contributed by atoms with Crippen molar-refractivity contribution in [2.45, 2.75) is 130 Å². The summed E-state index contributed by atoms with van der Waals surface area (Å²) in [4.78, 5) is 86.4. The third-order valence-electron chi connectivity index (χ3n) is 19.1. The first kappa shape index (κ1) is 121. The number of carbonyl (C=O) groups excluding carboxylic acids is 3. The molecule has 4 atom stereocenters. The van der Waals surface area contributed by atoms with E-state index in [1.165, 1.54) is 74.0 Å². The van der Waals surface area contributed by atoms with Crippen LogP contribution in [0.3, 0.4) is 0 Å². The van der Waals surface area contributed by atoms with Crippen molar-refractivity contribution >= 4 is 228 Å². The molecule has 0 saturated carbocycles. The molecule has 0 radical (unpaired) electrons. The summed E-state index contributed by atoms with van der Waals surface area (Å²) in [6.07, 6.45) is 23.2. The number of nitrogens with zero attached hydrogens (tertiary/aromatic N) is 9. The van der Waals surface area contributed by atoms with E-state index in [1.807, 2.05) is 251 Å². The number of aromatic hydroxyl groups is 2. The Morgan fingerprint density at radius 3 is 1.02 bits per heavy atom. The van der Waals surface area contributed by atoms with Gasteiger partial charge in [0.15, 0.2) is 4.71 Å². The quantitative estimate of drug-likeness (QED) is 0.00675. The molecule has 0 spiro atoms. The van der Waals surface area contributed by atoms with Crippen LogP contribution in [0.15, 0.2) is 284 Å². The maximum absolute atomic E-state index is 12.5. The smallest absolute Gasteiger partial charge is 0.357 e. The Balaban J connectivity index is 0.000000288. The average Bonchev–Trinajstić information content (AvgIpc) is 0.831. The monoisotopic (exact) mass is 2280 g/mol. The van der Waals surface area contributed by atoms with Gasteiger partial charge in [0, 0.05) is 101 Å². The number of amides is 1. The van der Waals surface area contributed by atoms with Crippen LogP contribution in [0, 0.1) is 41.8 Å². The molecule has 7 heterocycles. The van der Waals surface area contributed by atoms with Gasteiger partial charge in [-0.15, -0.1) is 47.0 Å². The molecular formula is C109H123Cl2I2N11O15S4. The molecule has 16 rings (SSSR count). The number of halogens is 4. The van der Waals surface area contributed by atoms with Crippen molar-refractivity contribution in [3.05, 3.63) is 320 Å². The van der Waals surface area contributed by atoms with Gasteiger partial charge in [-0.05, 0) is 353 Å². The minimum Gasteiger partial charge on any atom is -0.508 e. The van der Waals surface area contributed by atoms with E-state index in [4.69, 9.17) is 52.2 Å². The molecular weight excluding hydrogens is 2160 g/mol. The number of phenols is 2. The number of alkyl halides is 1. The highest BCUT2D eigenvalue weighted by Gasteiger charge is 2.27. The van der Waals surface area contributed by atoms with E-state index in [2.05, 4.69) is 151 Å². The minimum absolute atomic E-state index is 0. The number of rotatable bonds is 25.